The number of aliphatic hydroxyl groups excluding tert-OH is 1. The van der Waals surface area contributed by atoms with Crippen molar-refractivity contribution in [3.05, 3.63) is 29.8 Å². The van der Waals surface area contributed by atoms with Crippen molar-refractivity contribution in [3.63, 3.8) is 0 Å². The Bertz CT molecular complexity index is 335. The Labute approximate surface area is 95.0 Å². The molecule has 0 aromatic heterocycles. The number of hydrogen-bond donors (Lipinski definition) is 2. The molecule has 1 unspecified atom stereocenters. The second kappa shape index (κ2) is 6.12. The molecule has 4 heteroatoms. The van der Waals surface area contributed by atoms with Gasteiger partial charge in [0.1, 0.15) is 12.4 Å². The van der Waals surface area contributed by atoms with Crippen molar-refractivity contribution in [1.29, 1.82) is 0 Å². The first-order chi connectivity index (χ1) is 7.61. The van der Waals surface area contributed by atoms with Gasteiger partial charge in [-0.05, 0) is 24.1 Å². The molecular formula is C12H17NO3. The molecule has 0 aliphatic rings. The molecule has 1 aromatic carbocycles. The number of aliphatic hydroxyl groups is 1. The Hall–Kier alpha value is -1.55. The maximum atomic E-state index is 10.7. The number of ether oxygens (including phenoxy) is 1. The first-order valence-electron chi connectivity index (χ1n) is 5.30. The number of nitrogens with two attached hydrogens (primary N) is 1. The van der Waals surface area contributed by atoms with Crippen LogP contribution in [-0.4, -0.2) is 23.7 Å². The van der Waals surface area contributed by atoms with Crippen LogP contribution in [0.1, 0.15) is 18.9 Å². The van der Waals surface area contributed by atoms with Gasteiger partial charge in [-0.25, -0.2) is 0 Å². The fraction of sp³-hybridized carbons (Fsp3) is 0.417. The van der Waals surface area contributed by atoms with Gasteiger partial charge in [-0.3, -0.25) is 4.79 Å². The second-order valence-electron chi connectivity index (χ2n) is 3.66. The van der Waals surface area contributed by atoms with E-state index in [0.717, 1.165) is 5.56 Å². The van der Waals surface area contributed by atoms with E-state index in [9.17, 15) is 9.90 Å². The fourth-order valence-corrected chi connectivity index (χ4v) is 1.21. The predicted molar refractivity (Wildman–Crippen MR) is 61.1 cm³/mol. The van der Waals surface area contributed by atoms with Gasteiger partial charge in [0.05, 0.1) is 12.5 Å². The molecule has 1 atom stereocenters. The number of hydrogen-bond acceptors (Lipinski definition) is 3. The van der Waals surface area contributed by atoms with Crippen molar-refractivity contribution in [3.8, 4) is 5.75 Å². The molecule has 1 rings (SSSR count). The first-order valence-corrected chi connectivity index (χ1v) is 5.30. The largest absolute Gasteiger partial charge is 0.491 e. The fourth-order valence-electron chi connectivity index (χ4n) is 1.21. The van der Waals surface area contributed by atoms with Gasteiger partial charge in [0, 0.05) is 0 Å². The number of amides is 1. The summed E-state index contributed by atoms with van der Waals surface area (Å²) in [6.45, 7) is 2.18. The molecule has 0 fully saturated rings. The summed E-state index contributed by atoms with van der Waals surface area (Å²) in [5.74, 6) is 0.329. The van der Waals surface area contributed by atoms with E-state index in [1.165, 1.54) is 0 Å². The lowest BCUT2D eigenvalue weighted by Gasteiger charge is -2.10. The average molecular weight is 223 g/mol. The topological polar surface area (TPSA) is 72.6 Å². The van der Waals surface area contributed by atoms with Gasteiger partial charge in [0.2, 0.25) is 5.91 Å². The second-order valence-corrected chi connectivity index (χ2v) is 3.66. The summed E-state index contributed by atoms with van der Waals surface area (Å²) in [5, 5.41) is 9.31. The van der Waals surface area contributed by atoms with E-state index < -0.39 is 6.10 Å². The van der Waals surface area contributed by atoms with Crippen molar-refractivity contribution in [1.82, 2.24) is 0 Å². The Morgan fingerprint density at radius 1 is 1.44 bits per heavy atom. The summed E-state index contributed by atoms with van der Waals surface area (Å²) in [5.41, 5.74) is 5.93. The smallest absolute Gasteiger partial charge is 0.221 e. The third kappa shape index (κ3) is 4.31. The zero-order valence-corrected chi connectivity index (χ0v) is 9.35. The van der Waals surface area contributed by atoms with Crippen molar-refractivity contribution in [2.45, 2.75) is 25.9 Å². The zero-order chi connectivity index (χ0) is 12.0. The monoisotopic (exact) mass is 223 g/mol. The Balaban J connectivity index is 2.48. The number of rotatable bonds is 6. The number of carbonyl (C=O) groups is 1. The van der Waals surface area contributed by atoms with Crippen LogP contribution in [-0.2, 0) is 11.2 Å². The molecule has 16 heavy (non-hydrogen) atoms. The highest BCUT2D eigenvalue weighted by atomic mass is 16.5. The minimum absolute atomic E-state index is 0.234. The third-order valence-electron chi connectivity index (χ3n) is 2.22. The number of benzene rings is 1. The number of primary amides is 1. The van der Waals surface area contributed by atoms with E-state index >= 15 is 0 Å². The lowest BCUT2D eigenvalue weighted by atomic mass is 10.1. The molecule has 0 bridgehead atoms. The molecule has 3 N–H and O–H groups in total. The lowest BCUT2D eigenvalue weighted by molar-refractivity contribution is -0.117. The summed E-state index contributed by atoms with van der Waals surface area (Å²) in [6, 6.07) is 7.11. The molecule has 88 valence electrons. The van der Waals surface area contributed by atoms with Gasteiger partial charge in [-0.1, -0.05) is 19.1 Å². The lowest BCUT2D eigenvalue weighted by Crippen LogP contribution is -2.16. The molecule has 1 aromatic rings. The molecule has 0 radical (unpaired) electrons. The van der Waals surface area contributed by atoms with E-state index in [2.05, 4.69) is 0 Å². The maximum Gasteiger partial charge on any atom is 0.221 e. The van der Waals surface area contributed by atoms with Crippen molar-refractivity contribution in [2.75, 3.05) is 6.61 Å². The minimum atomic E-state index is -0.440. The standard InChI is InChI=1S/C12H17NO3/c1-2-10(14)8-16-11-5-3-9(4-6-11)7-12(13)15/h3-6,10,14H,2,7-8H2,1H3,(H2,13,15). The molecule has 0 heterocycles. The van der Waals surface area contributed by atoms with Crippen LogP contribution in [0.5, 0.6) is 5.75 Å². The highest BCUT2D eigenvalue weighted by Crippen LogP contribution is 2.13. The summed E-state index contributed by atoms with van der Waals surface area (Å²) >= 11 is 0. The molecule has 4 nitrogen and oxygen atoms in total. The van der Waals surface area contributed by atoms with Crippen LogP contribution in [0.2, 0.25) is 0 Å². The third-order valence-corrected chi connectivity index (χ3v) is 2.22. The first kappa shape index (κ1) is 12.5. The Kier molecular flexibility index (Phi) is 4.79. The van der Waals surface area contributed by atoms with Crippen LogP contribution in [0.3, 0.4) is 0 Å². The molecule has 0 spiro atoms. The Morgan fingerprint density at radius 2 is 2.06 bits per heavy atom. The minimum Gasteiger partial charge on any atom is -0.491 e. The zero-order valence-electron chi connectivity index (χ0n) is 9.35. The van der Waals surface area contributed by atoms with Crippen LogP contribution < -0.4 is 10.5 Å². The molecule has 1 amide bonds. The van der Waals surface area contributed by atoms with Crippen LogP contribution in [0.15, 0.2) is 24.3 Å². The van der Waals surface area contributed by atoms with E-state index in [0.29, 0.717) is 12.2 Å². The van der Waals surface area contributed by atoms with Crippen molar-refractivity contribution < 1.29 is 14.6 Å². The maximum absolute atomic E-state index is 10.7. The van der Waals surface area contributed by atoms with Crippen molar-refractivity contribution >= 4 is 5.91 Å². The van der Waals surface area contributed by atoms with Gasteiger partial charge in [-0.15, -0.1) is 0 Å². The SMILES string of the molecule is CCC(O)COc1ccc(CC(N)=O)cc1. The average Bonchev–Trinajstić information content (AvgIpc) is 2.27. The van der Waals surface area contributed by atoms with E-state index in [4.69, 9.17) is 10.5 Å². The van der Waals surface area contributed by atoms with Crippen LogP contribution >= 0.6 is 0 Å². The van der Waals surface area contributed by atoms with E-state index in [1.807, 2.05) is 6.92 Å². The predicted octanol–water partition coefficient (Wildman–Crippen LogP) is 0.864. The highest BCUT2D eigenvalue weighted by molar-refractivity contribution is 5.76. The summed E-state index contributed by atoms with van der Waals surface area (Å²) in [7, 11) is 0. The molecular weight excluding hydrogens is 206 g/mol. The number of carbonyl (C=O) groups excluding carboxylic acids is 1. The molecule has 0 aliphatic carbocycles. The van der Waals surface area contributed by atoms with Crippen LogP contribution in [0.4, 0.5) is 0 Å². The van der Waals surface area contributed by atoms with E-state index in [-0.39, 0.29) is 18.9 Å². The summed E-state index contributed by atoms with van der Waals surface area (Å²) in [4.78, 5) is 10.7. The van der Waals surface area contributed by atoms with Gasteiger partial charge >= 0.3 is 0 Å². The summed E-state index contributed by atoms with van der Waals surface area (Å²) < 4.78 is 5.35. The highest BCUT2D eigenvalue weighted by Gasteiger charge is 2.02. The van der Waals surface area contributed by atoms with Crippen LogP contribution in [0, 0.1) is 0 Å². The van der Waals surface area contributed by atoms with E-state index in [1.54, 1.807) is 24.3 Å². The van der Waals surface area contributed by atoms with Crippen molar-refractivity contribution in [2.24, 2.45) is 5.73 Å². The summed E-state index contributed by atoms with van der Waals surface area (Å²) in [6.07, 6.45) is 0.461. The molecule has 0 saturated carbocycles. The van der Waals surface area contributed by atoms with Crippen LogP contribution in [0.25, 0.3) is 0 Å². The van der Waals surface area contributed by atoms with Gasteiger partial charge in [0.15, 0.2) is 0 Å². The quantitative estimate of drug-likeness (QED) is 0.751. The van der Waals surface area contributed by atoms with Gasteiger partial charge in [-0.2, -0.15) is 0 Å². The van der Waals surface area contributed by atoms with Gasteiger partial charge in [0.25, 0.3) is 0 Å². The molecule has 0 saturated heterocycles. The normalized spacial score (nSPS) is 12.1. The van der Waals surface area contributed by atoms with Gasteiger partial charge < -0.3 is 15.6 Å². The molecule has 0 aliphatic heterocycles. The Morgan fingerprint density at radius 3 is 2.56 bits per heavy atom.